The lowest BCUT2D eigenvalue weighted by Gasteiger charge is -2.32. The zero-order valence-electron chi connectivity index (χ0n) is 10.1. The number of pyridine rings is 1. The molecule has 1 unspecified atom stereocenters. The summed E-state index contributed by atoms with van der Waals surface area (Å²) in [4.78, 5) is 18.1. The number of carbonyl (C=O) groups excluding carboxylic acids is 1. The van der Waals surface area contributed by atoms with Gasteiger partial charge in [-0.15, -0.1) is 0 Å². The third-order valence-electron chi connectivity index (χ3n) is 2.53. The van der Waals surface area contributed by atoms with Crippen molar-refractivity contribution in [2.75, 3.05) is 11.4 Å². The summed E-state index contributed by atoms with van der Waals surface area (Å²) in [5, 5.41) is 0. The number of carbonyl (C=O) groups is 1. The van der Waals surface area contributed by atoms with Crippen LogP contribution in [0.4, 0.5) is 5.82 Å². The molecule has 1 aliphatic heterocycles. The van der Waals surface area contributed by atoms with Crippen molar-refractivity contribution in [2.45, 2.75) is 26.9 Å². The molecule has 5 heteroatoms. The third-order valence-corrected chi connectivity index (χ3v) is 2.97. The second-order valence-electron chi connectivity index (χ2n) is 4.56. The van der Waals surface area contributed by atoms with Crippen LogP contribution in [0.15, 0.2) is 16.7 Å². The molecule has 17 heavy (non-hydrogen) atoms. The molecule has 4 nitrogen and oxygen atoms in total. The molecule has 0 radical (unpaired) electrons. The van der Waals surface area contributed by atoms with Gasteiger partial charge in [0, 0.05) is 6.54 Å². The lowest BCUT2D eigenvalue weighted by atomic mass is 10.1. The Morgan fingerprint density at radius 3 is 2.88 bits per heavy atom. The Kier molecular flexibility index (Phi) is 3.38. The molecule has 2 heterocycles. The van der Waals surface area contributed by atoms with Gasteiger partial charge in [0.25, 0.3) is 5.91 Å². The lowest BCUT2D eigenvalue weighted by molar-refractivity contribution is -0.125. The fraction of sp³-hybridized carbons (Fsp3) is 0.500. The fourth-order valence-electron chi connectivity index (χ4n) is 1.80. The molecule has 1 aromatic rings. The van der Waals surface area contributed by atoms with E-state index < -0.39 is 6.10 Å². The maximum atomic E-state index is 12.1. The van der Waals surface area contributed by atoms with E-state index in [-0.39, 0.29) is 5.91 Å². The Morgan fingerprint density at radius 1 is 1.53 bits per heavy atom. The first kappa shape index (κ1) is 12.4. The van der Waals surface area contributed by atoms with Crippen LogP contribution < -0.4 is 9.64 Å². The molecule has 1 atom stereocenters. The van der Waals surface area contributed by atoms with E-state index in [9.17, 15) is 4.79 Å². The summed E-state index contributed by atoms with van der Waals surface area (Å²) in [6.07, 6.45) is -0.441. The van der Waals surface area contributed by atoms with Crippen LogP contribution in [-0.4, -0.2) is 23.5 Å². The summed E-state index contributed by atoms with van der Waals surface area (Å²) in [5.41, 5.74) is 0. The summed E-state index contributed by atoms with van der Waals surface area (Å²) >= 11 is 3.31. The number of hydrogen-bond donors (Lipinski definition) is 0. The number of anilines is 1. The molecule has 0 aromatic carbocycles. The largest absolute Gasteiger partial charge is 0.477 e. The van der Waals surface area contributed by atoms with E-state index in [2.05, 4.69) is 34.8 Å². The lowest BCUT2D eigenvalue weighted by Crippen LogP contribution is -2.46. The Labute approximate surface area is 109 Å². The average Bonchev–Trinajstić information content (AvgIpc) is 2.25. The number of hydrogen-bond acceptors (Lipinski definition) is 3. The smallest absolute Gasteiger partial charge is 0.269 e. The third kappa shape index (κ3) is 2.44. The van der Waals surface area contributed by atoms with Gasteiger partial charge in [-0.25, -0.2) is 4.98 Å². The van der Waals surface area contributed by atoms with Crippen LogP contribution in [-0.2, 0) is 4.79 Å². The average molecular weight is 299 g/mol. The molecule has 0 N–H and O–H groups in total. The Balaban J connectivity index is 2.43. The highest BCUT2D eigenvalue weighted by atomic mass is 79.9. The standard InChI is InChI=1S/C12H15BrN2O2/c1-7(2)6-15-11-9(4-5-10(13)14-11)17-8(3)12(15)16/h4-5,7-8H,6H2,1-3H3. The first-order valence-electron chi connectivity index (χ1n) is 5.63. The normalized spacial score (nSPS) is 19.2. The maximum absolute atomic E-state index is 12.1. The second kappa shape index (κ2) is 4.64. The van der Waals surface area contributed by atoms with Crippen LogP contribution in [0.3, 0.4) is 0 Å². The van der Waals surface area contributed by atoms with Crippen molar-refractivity contribution in [2.24, 2.45) is 5.92 Å². The zero-order chi connectivity index (χ0) is 12.6. The molecule has 1 amide bonds. The summed E-state index contributed by atoms with van der Waals surface area (Å²) in [6.45, 7) is 6.57. The fourth-order valence-corrected chi connectivity index (χ4v) is 2.10. The van der Waals surface area contributed by atoms with Gasteiger partial charge in [-0.1, -0.05) is 13.8 Å². The van der Waals surface area contributed by atoms with Crippen LogP contribution in [0.5, 0.6) is 5.75 Å². The van der Waals surface area contributed by atoms with Crippen molar-refractivity contribution in [3.63, 3.8) is 0 Å². The molecule has 1 aliphatic rings. The summed E-state index contributed by atoms with van der Waals surface area (Å²) in [5.74, 6) is 1.63. The number of rotatable bonds is 2. The minimum Gasteiger partial charge on any atom is -0.477 e. The van der Waals surface area contributed by atoms with Crippen molar-refractivity contribution < 1.29 is 9.53 Å². The van der Waals surface area contributed by atoms with Crippen molar-refractivity contribution in [3.05, 3.63) is 16.7 Å². The summed E-state index contributed by atoms with van der Waals surface area (Å²) < 4.78 is 6.24. The predicted molar refractivity (Wildman–Crippen MR) is 69.2 cm³/mol. The number of halogens is 1. The second-order valence-corrected chi connectivity index (χ2v) is 5.37. The molecular formula is C12H15BrN2O2. The topological polar surface area (TPSA) is 42.4 Å². The van der Waals surface area contributed by atoms with Crippen molar-refractivity contribution in [1.82, 2.24) is 4.98 Å². The van der Waals surface area contributed by atoms with Crippen LogP contribution in [0, 0.1) is 5.92 Å². The van der Waals surface area contributed by atoms with E-state index in [0.29, 0.717) is 28.6 Å². The Bertz CT molecular complexity index is 448. The van der Waals surface area contributed by atoms with Gasteiger partial charge in [-0.3, -0.25) is 9.69 Å². The van der Waals surface area contributed by atoms with Gasteiger partial charge in [0.2, 0.25) is 0 Å². The van der Waals surface area contributed by atoms with Gasteiger partial charge < -0.3 is 4.74 Å². The molecule has 2 rings (SSSR count). The monoisotopic (exact) mass is 298 g/mol. The number of amides is 1. The molecule has 0 aliphatic carbocycles. The minimum atomic E-state index is -0.441. The van der Waals surface area contributed by atoms with E-state index in [0.717, 1.165) is 0 Å². The molecule has 1 aromatic heterocycles. The van der Waals surface area contributed by atoms with Gasteiger partial charge in [0.05, 0.1) is 0 Å². The number of aromatic nitrogens is 1. The summed E-state index contributed by atoms with van der Waals surface area (Å²) in [6, 6.07) is 3.65. The Hall–Kier alpha value is -1.10. The van der Waals surface area contributed by atoms with E-state index in [4.69, 9.17) is 4.74 Å². The van der Waals surface area contributed by atoms with Gasteiger partial charge in [-0.05, 0) is 40.9 Å². The molecule has 0 bridgehead atoms. The van der Waals surface area contributed by atoms with Crippen molar-refractivity contribution >= 4 is 27.7 Å². The zero-order valence-corrected chi connectivity index (χ0v) is 11.7. The minimum absolute atomic E-state index is 0.0307. The number of ether oxygens (including phenoxy) is 1. The highest BCUT2D eigenvalue weighted by molar-refractivity contribution is 9.10. The Morgan fingerprint density at radius 2 is 2.24 bits per heavy atom. The van der Waals surface area contributed by atoms with Crippen LogP contribution in [0.2, 0.25) is 0 Å². The van der Waals surface area contributed by atoms with Gasteiger partial charge in [0.15, 0.2) is 17.7 Å². The van der Waals surface area contributed by atoms with E-state index >= 15 is 0 Å². The first-order chi connectivity index (χ1) is 7.99. The molecule has 0 spiro atoms. The van der Waals surface area contributed by atoms with E-state index in [1.54, 1.807) is 11.8 Å². The van der Waals surface area contributed by atoms with Crippen LogP contribution in [0.1, 0.15) is 20.8 Å². The van der Waals surface area contributed by atoms with Crippen LogP contribution in [0.25, 0.3) is 0 Å². The van der Waals surface area contributed by atoms with Gasteiger partial charge in [-0.2, -0.15) is 0 Å². The molecule has 0 saturated heterocycles. The molecule has 92 valence electrons. The molecule has 0 fully saturated rings. The maximum Gasteiger partial charge on any atom is 0.269 e. The van der Waals surface area contributed by atoms with Crippen molar-refractivity contribution in [3.8, 4) is 5.75 Å². The predicted octanol–water partition coefficient (Wildman–Crippen LogP) is 2.61. The number of nitrogens with zero attached hydrogens (tertiary/aromatic N) is 2. The summed E-state index contributed by atoms with van der Waals surface area (Å²) in [7, 11) is 0. The van der Waals surface area contributed by atoms with Crippen molar-refractivity contribution in [1.29, 1.82) is 0 Å². The van der Waals surface area contributed by atoms with Crippen LogP contribution >= 0.6 is 15.9 Å². The highest BCUT2D eigenvalue weighted by Gasteiger charge is 2.32. The SMILES string of the molecule is CC(C)CN1C(=O)C(C)Oc2ccc(Br)nc21. The highest BCUT2D eigenvalue weighted by Crippen LogP contribution is 2.33. The first-order valence-corrected chi connectivity index (χ1v) is 6.43. The van der Waals surface area contributed by atoms with Gasteiger partial charge in [0.1, 0.15) is 4.60 Å². The molecule has 0 saturated carbocycles. The van der Waals surface area contributed by atoms with E-state index in [1.165, 1.54) is 0 Å². The number of fused-ring (bicyclic) bond motifs is 1. The van der Waals surface area contributed by atoms with E-state index in [1.807, 2.05) is 12.1 Å². The quantitative estimate of drug-likeness (QED) is 0.788. The van der Waals surface area contributed by atoms with Gasteiger partial charge >= 0.3 is 0 Å². The molecular weight excluding hydrogens is 284 g/mol.